The fourth-order valence-corrected chi connectivity index (χ4v) is 3.33. The third kappa shape index (κ3) is 3.36. The van der Waals surface area contributed by atoms with Crippen LogP contribution in [0, 0.1) is 0 Å². The van der Waals surface area contributed by atoms with Crippen LogP contribution in [0.3, 0.4) is 0 Å². The Balaban J connectivity index is 1.54. The zero-order valence-corrected chi connectivity index (χ0v) is 12.7. The molecule has 5 heteroatoms. The monoisotopic (exact) mass is 301 g/mol. The van der Waals surface area contributed by atoms with E-state index in [1.54, 1.807) is 11.3 Å². The second kappa shape index (κ2) is 6.18. The third-order valence-corrected chi connectivity index (χ3v) is 4.71. The van der Waals surface area contributed by atoms with Crippen molar-refractivity contribution in [3.05, 3.63) is 47.3 Å². The molecule has 4 nitrogen and oxygen atoms in total. The molecule has 0 radical (unpaired) electrons. The van der Waals surface area contributed by atoms with Crippen molar-refractivity contribution in [3.8, 4) is 0 Å². The molecule has 1 fully saturated rings. The van der Waals surface area contributed by atoms with Gasteiger partial charge in [0, 0.05) is 31.9 Å². The number of rotatable bonds is 3. The summed E-state index contributed by atoms with van der Waals surface area (Å²) in [5.74, 6) is 0.200. The van der Waals surface area contributed by atoms with E-state index in [-0.39, 0.29) is 5.91 Å². The first-order chi connectivity index (χ1) is 10.2. The molecule has 0 saturated carbocycles. The first kappa shape index (κ1) is 13.9. The Morgan fingerprint density at radius 3 is 2.43 bits per heavy atom. The van der Waals surface area contributed by atoms with Crippen molar-refractivity contribution in [2.75, 3.05) is 36.8 Å². The lowest BCUT2D eigenvalue weighted by Gasteiger charge is -2.35. The second-order valence-electron chi connectivity index (χ2n) is 5.24. The maximum absolute atomic E-state index is 12.3. The van der Waals surface area contributed by atoms with Crippen LogP contribution in [0.4, 0.5) is 10.7 Å². The Labute approximate surface area is 128 Å². The maximum atomic E-state index is 12.3. The Bertz CT molecular complexity index is 586. The van der Waals surface area contributed by atoms with Crippen LogP contribution in [0.1, 0.15) is 5.56 Å². The van der Waals surface area contributed by atoms with E-state index in [0.717, 1.165) is 37.4 Å². The molecular formula is C16H19N3OS. The van der Waals surface area contributed by atoms with E-state index in [9.17, 15) is 4.79 Å². The Kier molecular flexibility index (Phi) is 4.10. The number of hydrogen-bond donors (Lipinski definition) is 1. The van der Waals surface area contributed by atoms with Crippen LogP contribution in [0.15, 0.2) is 41.8 Å². The summed E-state index contributed by atoms with van der Waals surface area (Å²) < 4.78 is 0. The van der Waals surface area contributed by atoms with E-state index in [1.165, 1.54) is 5.00 Å². The Morgan fingerprint density at radius 1 is 1.10 bits per heavy atom. The van der Waals surface area contributed by atoms with Crippen molar-refractivity contribution in [2.24, 2.45) is 0 Å². The summed E-state index contributed by atoms with van der Waals surface area (Å²) in [5.41, 5.74) is 7.42. The molecule has 0 spiro atoms. The van der Waals surface area contributed by atoms with Crippen molar-refractivity contribution < 1.29 is 4.79 Å². The molecule has 1 aromatic carbocycles. The summed E-state index contributed by atoms with van der Waals surface area (Å²) in [7, 11) is 0. The highest BCUT2D eigenvalue weighted by Gasteiger charge is 2.21. The number of benzene rings is 1. The van der Waals surface area contributed by atoms with E-state index < -0.39 is 0 Å². The highest BCUT2D eigenvalue weighted by Crippen LogP contribution is 2.22. The highest BCUT2D eigenvalue weighted by atomic mass is 32.1. The van der Waals surface area contributed by atoms with Crippen LogP contribution < -0.4 is 10.6 Å². The third-order valence-electron chi connectivity index (χ3n) is 3.79. The first-order valence-electron chi connectivity index (χ1n) is 7.13. The molecule has 2 N–H and O–H groups in total. The van der Waals surface area contributed by atoms with Crippen LogP contribution >= 0.6 is 11.3 Å². The van der Waals surface area contributed by atoms with E-state index in [0.29, 0.717) is 6.42 Å². The van der Waals surface area contributed by atoms with Gasteiger partial charge in [-0.3, -0.25) is 4.79 Å². The van der Waals surface area contributed by atoms with Crippen LogP contribution in [0.2, 0.25) is 0 Å². The average molecular weight is 301 g/mol. The van der Waals surface area contributed by atoms with E-state index >= 15 is 0 Å². The summed E-state index contributed by atoms with van der Waals surface area (Å²) >= 11 is 1.75. The number of carbonyl (C=O) groups is 1. The molecule has 0 unspecified atom stereocenters. The summed E-state index contributed by atoms with van der Waals surface area (Å²) in [6.45, 7) is 3.42. The molecule has 1 aliphatic rings. The lowest BCUT2D eigenvalue weighted by Crippen LogP contribution is -2.49. The summed E-state index contributed by atoms with van der Waals surface area (Å²) in [4.78, 5) is 16.6. The van der Waals surface area contributed by atoms with Gasteiger partial charge in [-0.1, -0.05) is 12.1 Å². The van der Waals surface area contributed by atoms with Gasteiger partial charge < -0.3 is 15.5 Å². The number of hydrogen-bond acceptors (Lipinski definition) is 4. The number of nitrogen functional groups attached to an aromatic ring is 1. The van der Waals surface area contributed by atoms with Crippen molar-refractivity contribution in [1.29, 1.82) is 0 Å². The normalized spacial score (nSPS) is 15.2. The molecule has 110 valence electrons. The van der Waals surface area contributed by atoms with Crippen molar-refractivity contribution >= 4 is 27.9 Å². The second-order valence-corrected chi connectivity index (χ2v) is 6.16. The van der Waals surface area contributed by atoms with Gasteiger partial charge in [0.2, 0.25) is 5.91 Å². The van der Waals surface area contributed by atoms with Crippen LogP contribution in [0.5, 0.6) is 0 Å². The van der Waals surface area contributed by atoms with Crippen LogP contribution in [-0.4, -0.2) is 37.0 Å². The number of amides is 1. The van der Waals surface area contributed by atoms with E-state index in [4.69, 9.17) is 5.73 Å². The van der Waals surface area contributed by atoms with Crippen molar-refractivity contribution in [2.45, 2.75) is 6.42 Å². The number of anilines is 2. The largest absolute Gasteiger partial charge is 0.399 e. The molecule has 0 bridgehead atoms. The maximum Gasteiger partial charge on any atom is 0.227 e. The minimum atomic E-state index is 0.200. The van der Waals surface area contributed by atoms with E-state index in [2.05, 4.69) is 22.4 Å². The molecule has 21 heavy (non-hydrogen) atoms. The Hall–Kier alpha value is -2.01. The van der Waals surface area contributed by atoms with Gasteiger partial charge in [0.1, 0.15) is 0 Å². The molecule has 3 rings (SSSR count). The topological polar surface area (TPSA) is 49.6 Å². The van der Waals surface area contributed by atoms with E-state index in [1.807, 2.05) is 29.2 Å². The van der Waals surface area contributed by atoms with Gasteiger partial charge in [0.15, 0.2) is 0 Å². The molecule has 1 aromatic heterocycles. The molecule has 1 aliphatic heterocycles. The minimum Gasteiger partial charge on any atom is -0.399 e. The van der Waals surface area contributed by atoms with Gasteiger partial charge in [-0.25, -0.2) is 0 Å². The zero-order chi connectivity index (χ0) is 14.7. The summed E-state index contributed by atoms with van der Waals surface area (Å²) in [5, 5.41) is 3.38. The predicted octanol–water partition coefficient (Wildman–Crippen LogP) is 2.22. The average Bonchev–Trinajstić information content (AvgIpc) is 3.04. The molecule has 2 aromatic rings. The molecule has 2 heterocycles. The molecule has 1 amide bonds. The van der Waals surface area contributed by atoms with Gasteiger partial charge in [-0.15, -0.1) is 11.3 Å². The highest BCUT2D eigenvalue weighted by molar-refractivity contribution is 7.14. The molecule has 1 saturated heterocycles. The van der Waals surface area contributed by atoms with Gasteiger partial charge in [-0.2, -0.15) is 0 Å². The lowest BCUT2D eigenvalue weighted by atomic mass is 10.1. The van der Waals surface area contributed by atoms with Crippen molar-refractivity contribution in [1.82, 2.24) is 4.90 Å². The van der Waals surface area contributed by atoms with Gasteiger partial charge in [0.25, 0.3) is 0 Å². The predicted molar refractivity (Wildman–Crippen MR) is 87.7 cm³/mol. The summed E-state index contributed by atoms with van der Waals surface area (Å²) in [6, 6.07) is 11.7. The van der Waals surface area contributed by atoms with Gasteiger partial charge in [0.05, 0.1) is 11.4 Å². The number of nitrogens with zero attached hydrogens (tertiary/aromatic N) is 2. The number of carbonyl (C=O) groups excluding carboxylic acids is 1. The Morgan fingerprint density at radius 2 is 1.81 bits per heavy atom. The number of piperazine rings is 1. The lowest BCUT2D eigenvalue weighted by molar-refractivity contribution is -0.130. The van der Waals surface area contributed by atoms with Crippen molar-refractivity contribution in [3.63, 3.8) is 0 Å². The quantitative estimate of drug-likeness (QED) is 0.884. The smallest absolute Gasteiger partial charge is 0.227 e. The zero-order valence-electron chi connectivity index (χ0n) is 11.9. The number of thiophene rings is 1. The SMILES string of the molecule is Nc1ccc(CC(=O)N2CCN(c3cccs3)CC2)cc1. The van der Waals surface area contributed by atoms with Crippen LogP contribution in [0.25, 0.3) is 0 Å². The fourth-order valence-electron chi connectivity index (χ4n) is 2.55. The molecular weight excluding hydrogens is 282 g/mol. The van der Waals surface area contributed by atoms with Crippen LogP contribution in [-0.2, 0) is 11.2 Å². The molecule has 0 aliphatic carbocycles. The van der Waals surface area contributed by atoms with Gasteiger partial charge in [-0.05, 0) is 35.2 Å². The molecule has 0 atom stereocenters. The fraction of sp³-hybridized carbons (Fsp3) is 0.312. The van der Waals surface area contributed by atoms with Gasteiger partial charge >= 0.3 is 0 Å². The minimum absolute atomic E-state index is 0.200. The first-order valence-corrected chi connectivity index (χ1v) is 8.01. The standard InChI is InChI=1S/C16H19N3OS/c17-14-5-3-13(4-6-14)12-15(20)18-7-9-19(10-8-18)16-2-1-11-21-16/h1-6,11H,7-10,12,17H2. The number of nitrogens with two attached hydrogens (primary N) is 1. The summed E-state index contributed by atoms with van der Waals surface area (Å²) in [6.07, 6.45) is 0.458.